The molecule has 0 amide bonds. The maximum atomic E-state index is 6.49. The Bertz CT molecular complexity index is 2780. The van der Waals surface area contributed by atoms with E-state index in [-0.39, 0.29) is 0 Å². The van der Waals surface area contributed by atoms with Gasteiger partial charge >= 0.3 is 0 Å². The number of benzene rings is 4. The third-order valence-corrected chi connectivity index (χ3v) is 19.3. The second kappa shape index (κ2) is 17.5. The van der Waals surface area contributed by atoms with Crippen molar-refractivity contribution in [2.24, 2.45) is 0 Å². The number of nitrogens with one attached hydrogen (secondary N) is 2. The van der Waals surface area contributed by atoms with E-state index in [0.717, 1.165) is 102 Å². The van der Waals surface area contributed by atoms with Crippen molar-refractivity contribution < 1.29 is 0 Å². The van der Waals surface area contributed by atoms with Gasteiger partial charge < -0.3 is 9.97 Å². The predicted octanol–water partition coefficient (Wildman–Crippen LogP) is 19.9. The van der Waals surface area contributed by atoms with E-state index in [1.54, 1.807) is 0 Å². The largest absolute Gasteiger partial charge is 0.352 e. The van der Waals surface area contributed by atoms with Gasteiger partial charge in [0.2, 0.25) is 0 Å². The Morgan fingerprint density at radius 3 is 0.667 bits per heavy atom. The summed E-state index contributed by atoms with van der Waals surface area (Å²) in [5, 5.41) is 2.42. The van der Waals surface area contributed by atoms with E-state index < -0.39 is 0 Å². The van der Waals surface area contributed by atoms with Crippen molar-refractivity contribution in [2.45, 2.75) is 0 Å². The first-order valence-corrected chi connectivity index (χ1v) is 25.3. The summed E-state index contributed by atoms with van der Waals surface area (Å²) in [4.78, 5) is 18.6. The molecule has 0 aliphatic carbocycles. The number of fused-ring (bicyclic) bond motifs is 8. The van der Waals surface area contributed by atoms with E-state index in [9.17, 15) is 0 Å². The summed E-state index contributed by atoms with van der Waals surface area (Å²) in [6.45, 7) is 0. The molecule has 0 fully saturated rings. The molecule has 0 saturated heterocycles. The number of H-pyrrole nitrogens is 2. The minimum Gasteiger partial charge on any atom is -0.352 e. The molecule has 0 saturated carbocycles. The lowest BCUT2D eigenvalue weighted by molar-refractivity contribution is 1.31. The molecule has 298 valence electrons. The van der Waals surface area contributed by atoms with Crippen LogP contribution in [0.15, 0.2) is 115 Å². The van der Waals surface area contributed by atoms with Crippen molar-refractivity contribution in [3.05, 3.63) is 158 Å². The summed E-state index contributed by atoms with van der Waals surface area (Å²) >= 11 is 57.9. The second-order valence-corrected chi connectivity index (χ2v) is 21.5. The van der Waals surface area contributed by atoms with E-state index in [0.29, 0.717) is 42.9 Å². The minimum atomic E-state index is 0.606. The zero-order valence-corrected chi connectivity index (χ0v) is 45.4. The summed E-state index contributed by atoms with van der Waals surface area (Å²) in [7, 11) is 0. The molecule has 8 bridgehead atoms. The standard InChI is InChI=1S/C44H18Br8Cl4N4/c45-29-31(47)39-26(18-3-11-22(54)12-4-18)41-33(49)35(51)43(59-41)28(20-7-15-24(56)16-8-20)44-36(52)34(50)42(60-44)27(19-5-13-23(55)14-6-19)40-32(48)30(46)38(58-40)25(37(29)57-39)17-1-9-21(53)10-2-17/h1-16,57,60H. The van der Waals surface area contributed by atoms with Crippen LogP contribution >= 0.6 is 174 Å². The quantitative estimate of drug-likeness (QED) is 0.185. The highest BCUT2D eigenvalue weighted by atomic mass is 79.9. The van der Waals surface area contributed by atoms with Gasteiger partial charge in [-0.3, -0.25) is 0 Å². The van der Waals surface area contributed by atoms with Gasteiger partial charge in [-0.1, -0.05) is 94.9 Å². The van der Waals surface area contributed by atoms with Crippen LogP contribution in [-0.4, -0.2) is 19.9 Å². The monoisotopic (exact) mass is 1370 g/mol. The molecule has 0 radical (unpaired) electrons. The van der Waals surface area contributed by atoms with E-state index in [1.807, 2.05) is 97.1 Å². The van der Waals surface area contributed by atoms with Crippen LogP contribution in [0, 0.1) is 0 Å². The summed E-state index contributed by atoms with van der Waals surface area (Å²) in [5.74, 6) is 0. The highest BCUT2D eigenvalue weighted by molar-refractivity contribution is 9.18. The van der Waals surface area contributed by atoms with Crippen molar-refractivity contribution in [3.8, 4) is 44.5 Å². The lowest BCUT2D eigenvalue weighted by Crippen LogP contribution is -1.91. The minimum absolute atomic E-state index is 0.606. The molecule has 0 unspecified atom stereocenters. The smallest absolute Gasteiger partial charge is 0.0891 e. The Morgan fingerprint density at radius 2 is 0.483 bits per heavy atom. The van der Waals surface area contributed by atoms with Crippen LogP contribution in [0.25, 0.3) is 84.5 Å². The van der Waals surface area contributed by atoms with Gasteiger partial charge in [-0.2, -0.15) is 0 Å². The molecule has 2 N–H and O–H groups in total. The molecule has 3 aromatic heterocycles. The first kappa shape index (κ1) is 43.7. The summed E-state index contributed by atoms with van der Waals surface area (Å²) in [5.41, 5.74) is 12.3. The number of aromatic amines is 2. The van der Waals surface area contributed by atoms with Gasteiger partial charge in [0.25, 0.3) is 0 Å². The first-order chi connectivity index (χ1) is 28.7. The zero-order valence-electron chi connectivity index (χ0n) is 29.7. The molecule has 2 aliphatic heterocycles. The van der Waals surface area contributed by atoms with Gasteiger partial charge in [0.1, 0.15) is 0 Å². The summed E-state index contributed by atoms with van der Waals surface area (Å²) in [6, 6.07) is 30.8. The normalized spacial score (nSPS) is 12.9. The number of aromatic nitrogens is 4. The number of hydrogen-bond donors (Lipinski definition) is 2. The van der Waals surface area contributed by atoms with E-state index >= 15 is 0 Å². The first-order valence-electron chi connectivity index (χ1n) is 17.4. The third-order valence-electron chi connectivity index (χ3n) is 9.91. The molecule has 60 heavy (non-hydrogen) atoms. The highest BCUT2D eigenvalue weighted by Gasteiger charge is 2.31. The molecule has 0 atom stereocenters. The third kappa shape index (κ3) is 7.68. The number of halogens is 12. The fraction of sp³-hybridized carbons (Fsp3) is 0. The highest BCUT2D eigenvalue weighted by Crippen LogP contribution is 2.53. The van der Waals surface area contributed by atoms with E-state index in [2.05, 4.69) is 137 Å². The Hall–Kier alpha value is -1.52. The van der Waals surface area contributed by atoms with Crippen LogP contribution in [-0.2, 0) is 0 Å². The van der Waals surface area contributed by atoms with Crippen molar-refractivity contribution in [1.82, 2.24) is 19.9 Å². The van der Waals surface area contributed by atoms with E-state index in [1.165, 1.54) is 0 Å². The van der Waals surface area contributed by atoms with Crippen LogP contribution < -0.4 is 0 Å². The summed E-state index contributed by atoms with van der Waals surface area (Å²) in [6.07, 6.45) is 0. The van der Waals surface area contributed by atoms with Crippen molar-refractivity contribution >= 4 is 214 Å². The predicted molar refractivity (Wildman–Crippen MR) is 283 cm³/mol. The van der Waals surface area contributed by atoms with Crippen molar-refractivity contribution in [2.75, 3.05) is 0 Å². The molecular formula is C44H18Br8Cl4N4. The Balaban J connectivity index is 1.62. The Labute approximate surface area is 430 Å². The lowest BCUT2D eigenvalue weighted by Gasteiger charge is -2.08. The zero-order chi connectivity index (χ0) is 42.3. The number of nitrogens with zero attached hydrogens (tertiary/aromatic N) is 2. The van der Waals surface area contributed by atoms with Gasteiger partial charge in [-0.25, -0.2) is 9.97 Å². The maximum Gasteiger partial charge on any atom is 0.0891 e. The molecular weight excluding hydrogens is 1370 g/mol. The molecule has 4 aromatic carbocycles. The SMILES string of the molecule is Clc1ccc(-c2c3nc(c(-c4ccc(Cl)cc4)c4[nH]c(c(Br)c4Br)c(-c4ccc(Cl)cc4)c4nc(c(-c5ccc(Cl)cc5)c5[nH]c2c(Br)c5Br)C(Br)=C4Br)C(Br)=C3Br)cc1. The van der Waals surface area contributed by atoms with Gasteiger partial charge in [0.15, 0.2) is 0 Å². The Morgan fingerprint density at radius 1 is 0.300 bits per heavy atom. The Kier molecular flexibility index (Phi) is 12.7. The average molecular weight is 1380 g/mol. The van der Waals surface area contributed by atoms with Gasteiger partial charge in [-0.05, 0) is 198 Å². The summed E-state index contributed by atoms with van der Waals surface area (Å²) < 4.78 is 6.02. The molecule has 5 heterocycles. The second-order valence-electron chi connectivity index (χ2n) is 13.4. The van der Waals surface area contributed by atoms with Crippen LogP contribution in [0.1, 0.15) is 22.8 Å². The van der Waals surface area contributed by atoms with E-state index in [4.69, 9.17) is 56.4 Å². The fourth-order valence-electron chi connectivity index (χ4n) is 7.16. The van der Waals surface area contributed by atoms with Crippen molar-refractivity contribution in [3.63, 3.8) is 0 Å². The molecule has 4 nitrogen and oxygen atoms in total. The number of rotatable bonds is 4. The number of hydrogen-bond acceptors (Lipinski definition) is 2. The lowest BCUT2D eigenvalue weighted by atomic mass is 10.0. The van der Waals surface area contributed by atoms with Gasteiger partial charge in [0.05, 0.1) is 80.7 Å². The topological polar surface area (TPSA) is 57.4 Å². The van der Waals surface area contributed by atoms with Gasteiger partial charge in [-0.15, -0.1) is 0 Å². The van der Waals surface area contributed by atoms with Crippen LogP contribution in [0.2, 0.25) is 20.1 Å². The van der Waals surface area contributed by atoms with Crippen molar-refractivity contribution in [1.29, 1.82) is 0 Å². The molecule has 0 spiro atoms. The molecule has 7 aromatic rings. The molecule has 2 aliphatic rings. The average Bonchev–Trinajstić information content (AvgIpc) is 3.89. The maximum absolute atomic E-state index is 6.49. The molecule has 16 heteroatoms. The van der Waals surface area contributed by atoms with Crippen LogP contribution in [0.5, 0.6) is 0 Å². The van der Waals surface area contributed by atoms with Crippen LogP contribution in [0.4, 0.5) is 0 Å². The fourth-order valence-corrected chi connectivity index (χ4v) is 11.5. The van der Waals surface area contributed by atoms with Gasteiger partial charge in [0, 0.05) is 42.3 Å². The van der Waals surface area contributed by atoms with Crippen LogP contribution in [0.3, 0.4) is 0 Å². The molecule has 9 rings (SSSR count).